The van der Waals surface area contributed by atoms with E-state index in [2.05, 4.69) is 19.2 Å². The molecule has 0 aliphatic carbocycles. The van der Waals surface area contributed by atoms with Gasteiger partial charge in [0.2, 0.25) is 5.91 Å². The molecule has 0 spiro atoms. The molecule has 1 aliphatic rings. The second kappa shape index (κ2) is 7.10. The van der Waals surface area contributed by atoms with Crippen molar-refractivity contribution in [1.82, 2.24) is 5.32 Å². The van der Waals surface area contributed by atoms with Crippen molar-refractivity contribution in [3.05, 3.63) is 0 Å². The zero-order valence-corrected chi connectivity index (χ0v) is 11.9. The van der Waals surface area contributed by atoms with Gasteiger partial charge in [-0.25, -0.2) is 0 Å². The van der Waals surface area contributed by atoms with Gasteiger partial charge in [-0.3, -0.25) is 4.79 Å². The van der Waals surface area contributed by atoms with Gasteiger partial charge in [0.1, 0.15) is 0 Å². The van der Waals surface area contributed by atoms with Crippen LogP contribution in [0.1, 0.15) is 52.9 Å². The molecular weight excluding hydrogens is 230 g/mol. The number of nitrogens with one attached hydrogen (secondary N) is 1. The molecule has 0 radical (unpaired) electrons. The van der Waals surface area contributed by atoms with Crippen LogP contribution in [-0.4, -0.2) is 35.9 Å². The number of hydrogen-bond donors (Lipinski definition) is 2. The van der Waals surface area contributed by atoms with Crippen molar-refractivity contribution in [2.24, 2.45) is 5.92 Å². The summed E-state index contributed by atoms with van der Waals surface area (Å²) < 4.78 is 5.47. The highest BCUT2D eigenvalue weighted by Gasteiger charge is 2.23. The molecule has 4 heteroatoms. The summed E-state index contributed by atoms with van der Waals surface area (Å²) in [5.41, 5.74) is -0.812. The van der Waals surface area contributed by atoms with E-state index in [1.807, 2.05) is 0 Å². The first-order valence-corrected chi connectivity index (χ1v) is 7.00. The number of carbonyl (C=O) groups is 1. The van der Waals surface area contributed by atoms with Gasteiger partial charge in [0, 0.05) is 19.6 Å². The van der Waals surface area contributed by atoms with Crippen molar-refractivity contribution in [2.75, 3.05) is 13.2 Å². The van der Waals surface area contributed by atoms with Crippen molar-refractivity contribution in [1.29, 1.82) is 0 Å². The van der Waals surface area contributed by atoms with Crippen molar-refractivity contribution in [3.63, 3.8) is 0 Å². The first kappa shape index (κ1) is 15.4. The van der Waals surface area contributed by atoms with Crippen molar-refractivity contribution in [2.45, 2.75) is 64.6 Å². The van der Waals surface area contributed by atoms with Gasteiger partial charge >= 0.3 is 0 Å². The fraction of sp³-hybridized carbons (Fsp3) is 0.929. The average Bonchev–Trinajstić information content (AvgIpc) is 2.74. The van der Waals surface area contributed by atoms with Crippen LogP contribution >= 0.6 is 0 Å². The zero-order valence-electron chi connectivity index (χ0n) is 11.9. The maximum atomic E-state index is 11.7. The minimum Gasteiger partial charge on any atom is -0.388 e. The number of amides is 1. The molecule has 1 fully saturated rings. The maximum absolute atomic E-state index is 11.7. The summed E-state index contributed by atoms with van der Waals surface area (Å²) in [5.74, 6) is 0.429. The molecule has 18 heavy (non-hydrogen) atoms. The van der Waals surface area contributed by atoms with E-state index in [1.165, 1.54) is 0 Å². The van der Waals surface area contributed by atoms with Crippen LogP contribution in [0.25, 0.3) is 0 Å². The molecule has 1 amide bonds. The van der Waals surface area contributed by atoms with Gasteiger partial charge in [0.15, 0.2) is 0 Å². The van der Waals surface area contributed by atoms with E-state index < -0.39 is 5.60 Å². The molecule has 2 N–H and O–H groups in total. The minimum atomic E-state index is -0.812. The largest absolute Gasteiger partial charge is 0.388 e. The third kappa shape index (κ3) is 6.36. The molecule has 2 unspecified atom stereocenters. The minimum absolute atomic E-state index is 0.00883. The lowest BCUT2D eigenvalue weighted by Gasteiger charge is -2.25. The number of rotatable bonds is 7. The highest BCUT2D eigenvalue weighted by atomic mass is 16.5. The quantitative estimate of drug-likeness (QED) is 0.732. The molecule has 1 saturated heterocycles. The SMILES string of the molecule is CC(C)CC(C)(O)CNC(=O)CCC1CCCO1. The van der Waals surface area contributed by atoms with E-state index in [4.69, 9.17) is 4.74 Å². The van der Waals surface area contributed by atoms with E-state index >= 15 is 0 Å². The number of carbonyl (C=O) groups excluding carboxylic acids is 1. The Morgan fingerprint density at radius 1 is 1.56 bits per heavy atom. The molecule has 1 heterocycles. The highest BCUT2D eigenvalue weighted by Crippen LogP contribution is 2.17. The van der Waals surface area contributed by atoms with Gasteiger partial charge in [0.25, 0.3) is 0 Å². The summed E-state index contributed by atoms with van der Waals surface area (Å²) in [4.78, 5) is 11.7. The van der Waals surface area contributed by atoms with Gasteiger partial charge in [-0.2, -0.15) is 0 Å². The van der Waals surface area contributed by atoms with Crippen molar-refractivity contribution < 1.29 is 14.6 Å². The molecular formula is C14H27NO3. The Labute approximate surface area is 110 Å². The van der Waals surface area contributed by atoms with E-state index in [9.17, 15) is 9.90 Å². The molecule has 2 atom stereocenters. The molecule has 4 nitrogen and oxygen atoms in total. The fourth-order valence-corrected chi connectivity index (χ4v) is 2.49. The summed E-state index contributed by atoms with van der Waals surface area (Å²) in [7, 11) is 0. The monoisotopic (exact) mass is 257 g/mol. The summed E-state index contributed by atoms with van der Waals surface area (Å²) in [6.07, 6.45) is 4.40. The Balaban J connectivity index is 2.15. The Bertz CT molecular complexity index is 258. The van der Waals surface area contributed by atoms with Crippen LogP contribution in [0.2, 0.25) is 0 Å². The van der Waals surface area contributed by atoms with Crippen molar-refractivity contribution >= 4 is 5.91 Å². The average molecular weight is 257 g/mol. The van der Waals surface area contributed by atoms with Gasteiger partial charge in [0.05, 0.1) is 11.7 Å². The molecule has 1 aliphatic heterocycles. The smallest absolute Gasteiger partial charge is 0.220 e. The van der Waals surface area contributed by atoms with Gasteiger partial charge in [-0.1, -0.05) is 13.8 Å². The fourth-order valence-electron chi connectivity index (χ4n) is 2.49. The summed E-state index contributed by atoms with van der Waals surface area (Å²) in [6.45, 7) is 7.06. The van der Waals surface area contributed by atoms with E-state index in [-0.39, 0.29) is 12.0 Å². The van der Waals surface area contributed by atoms with Crippen LogP contribution in [0.15, 0.2) is 0 Å². The first-order valence-electron chi connectivity index (χ1n) is 7.00. The van der Waals surface area contributed by atoms with Crippen LogP contribution in [-0.2, 0) is 9.53 Å². The topological polar surface area (TPSA) is 58.6 Å². The summed E-state index contributed by atoms with van der Waals surface area (Å²) in [6, 6.07) is 0. The van der Waals surface area contributed by atoms with Crippen molar-refractivity contribution in [3.8, 4) is 0 Å². The number of ether oxygens (including phenoxy) is 1. The Morgan fingerprint density at radius 3 is 2.83 bits per heavy atom. The lowest BCUT2D eigenvalue weighted by atomic mass is 9.94. The Morgan fingerprint density at radius 2 is 2.28 bits per heavy atom. The molecule has 0 aromatic rings. The number of aliphatic hydroxyl groups is 1. The van der Waals surface area contributed by atoms with Gasteiger partial charge < -0.3 is 15.2 Å². The lowest BCUT2D eigenvalue weighted by molar-refractivity contribution is -0.123. The summed E-state index contributed by atoms with van der Waals surface area (Å²) in [5, 5.41) is 12.9. The molecule has 106 valence electrons. The van der Waals surface area contributed by atoms with Gasteiger partial charge in [-0.05, 0) is 38.5 Å². The Kier molecular flexibility index (Phi) is 6.09. The third-order valence-electron chi connectivity index (χ3n) is 3.23. The number of hydrogen-bond acceptors (Lipinski definition) is 3. The van der Waals surface area contributed by atoms with Crippen LogP contribution < -0.4 is 5.32 Å². The molecule has 0 saturated carbocycles. The molecule has 0 aromatic carbocycles. The third-order valence-corrected chi connectivity index (χ3v) is 3.23. The van der Waals surface area contributed by atoms with Crippen LogP contribution in [0.4, 0.5) is 0 Å². The van der Waals surface area contributed by atoms with E-state index in [0.29, 0.717) is 25.3 Å². The molecule has 0 aromatic heterocycles. The Hall–Kier alpha value is -0.610. The van der Waals surface area contributed by atoms with Crippen LogP contribution in [0.5, 0.6) is 0 Å². The predicted octanol–water partition coefficient (Wildman–Crippen LogP) is 1.86. The van der Waals surface area contributed by atoms with Crippen LogP contribution in [0.3, 0.4) is 0 Å². The summed E-state index contributed by atoms with van der Waals surface area (Å²) >= 11 is 0. The van der Waals surface area contributed by atoms with Crippen LogP contribution in [0, 0.1) is 5.92 Å². The normalized spacial score (nSPS) is 23.1. The second-order valence-electron chi connectivity index (χ2n) is 6.05. The van der Waals surface area contributed by atoms with Gasteiger partial charge in [-0.15, -0.1) is 0 Å². The maximum Gasteiger partial charge on any atom is 0.220 e. The lowest BCUT2D eigenvalue weighted by Crippen LogP contribution is -2.41. The molecule has 1 rings (SSSR count). The van der Waals surface area contributed by atoms with E-state index in [0.717, 1.165) is 25.9 Å². The second-order valence-corrected chi connectivity index (χ2v) is 6.05. The standard InChI is InChI=1S/C14H27NO3/c1-11(2)9-14(3,17)10-15-13(16)7-6-12-5-4-8-18-12/h11-12,17H,4-10H2,1-3H3,(H,15,16). The predicted molar refractivity (Wildman–Crippen MR) is 71.3 cm³/mol. The molecule has 0 bridgehead atoms. The zero-order chi connectivity index (χ0) is 13.6. The first-order chi connectivity index (χ1) is 8.39. The van der Waals surface area contributed by atoms with E-state index in [1.54, 1.807) is 6.92 Å². The highest BCUT2D eigenvalue weighted by molar-refractivity contribution is 5.75.